The molecule has 0 saturated carbocycles. The van der Waals surface area contributed by atoms with Gasteiger partial charge in [0.1, 0.15) is 0 Å². The first kappa shape index (κ1) is 22.8. The van der Waals surface area contributed by atoms with Crippen LogP contribution in [-0.2, 0) is 21.4 Å². The van der Waals surface area contributed by atoms with Gasteiger partial charge in [0, 0.05) is 34.6 Å². The van der Waals surface area contributed by atoms with Gasteiger partial charge in [0.25, 0.3) is 0 Å². The minimum absolute atomic E-state index is 0.176. The van der Waals surface area contributed by atoms with E-state index in [1.807, 2.05) is 6.92 Å². The molecule has 28 heavy (non-hydrogen) atoms. The van der Waals surface area contributed by atoms with Gasteiger partial charge < -0.3 is 5.32 Å². The van der Waals surface area contributed by atoms with Gasteiger partial charge >= 0.3 is 0 Å². The third-order valence-electron chi connectivity index (χ3n) is 4.10. The molecule has 1 amide bonds. The van der Waals surface area contributed by atoms with Crippen LogP contribution < -0.4 is 9.62 Å². The number of rotatable bonds is 8. The lowest BCUT2D eigenvalue weighted by Crippen LogP contribution is -2.32. The second kappa shape index (κ2) is 9.83. The number of nitrogens with one attached hydrogen (secondary N) is 1. The minimum Gasteiger partial charge on any atom is -0.352 e. The van der Waals surface area contributed by atoms with Crippen LogP contribution in [-0.4, -0.2) is 27.1 Å². The molecule has 0 radical (unpaired) electrons. The van der Waals surface area contributed by atoms with Gasteiger partial charge in [-0.2, -0.15) is 0 Å². The number of carbonyl (C=O) groups excluding carboxylic acids is 1. The van der Waals surface area contributed by atoms with Crippen molar-refractivity contribution in [2.24, 2.45) is 0 Å². The number of anilines is 1. The van der Waals surface area contributed by atoms with E-state index in [-0.39, 0.29) is 25.4 Å². The summed E-state index contributed by atoms with van der Waals surface area (Å²) in [5.41, 5.74) is 2.06. The molecule has 0 heterocycles. The lowest BCUT2D eigenvalue weighted by atomic mass is 10.2. The number of halogens is 3. The monoisotopic (exact) mass is 462 g/mol. The molecule has 0 aliphatic carbocycles. The molecule has 0 aliphatic heterocycles. The summed E-state index contributed by atoms with van der Waals surface area (Å²) in [4.78, 5) is 12.1. The molecule has 2 aromatic carbocycles. The fourth-order valence-corrected chi connectivity index (χ4v) is 4.30. The summed E-state index contributed by atoms with van der Waals surface area (Å²) >= 11 is 17.9. The van der Waals surface area contributed by atoms with Gasteiger partial charge in [0.2, 0.25) is 15.9 Å². The van der Waals surface area contributed by atoms with Crippen LogP contribution in [0.5, 0.6) is 0 Å². The molecular weight excluding hydrogens is 443 g/mol. The third kappa shape index (κ3) is 6.55. The minimum atomic E-state index is -3.51. The summed E-state index contributed by atoms with van der Waals surface area (Å²) in [5.74, 6) is -0.192. The van der Waals surface area contributed by atoms with Crippen LogP contribution in [0.2, 0.25) is 15.1 Å². The number of benzene rings is 2. The number of carbonyl (C=O) groups is 1. The Morgan fingerprint density at radius 2 is 1.71 bits per heavy atom. The third-order valence-corrected chi connectivity index (χ3v) is 6.10. The molecule has 152 valence electrons. The van der Waals surface area contributed by atoms with Gasteiger partial charge in [-0.1, -0.05) is 46.9 Å². The maximum absolute atomic E-state index is 12.2. The topological polar surface area (TPSA) is 66.5 Å². The molecule has 0 bridgehead atoms. The molecule has 9 heteroatoms. The van der Waals surface area contributed by atoms with E-state index >= 15 is 0 Å². The van der Waals surface area contributed by atoms with Crippen LogP contribution in [0, 0.1) is 6.92 Å². The van der Waals surface area contributed by atoms with E-state index in [4.69, 9.17) is 34.8 Å². The van der Waals surface area contributed by atoms with E-state index in [9.17, 15) is 13.2 Å². The molecule has 2 aromatic rings. The van der Waals surface area contributed by atoms with Crippen molar-refractivity contribution in [2.45, 2.75) is 26.3 Å². The molecule has 0 aliphatic rings. The second-order valence-electron chi connectivity index (χ2n) is 6.38. The standard InChI is InChI=1S/C19H21Cl3N2O3S/c1-13-5-7-16(21)11-18(13)24(28(2,26)27)9-3-4-19(25)23-12-14-6-8-15(20)10-17(14)22/h5-8,10-11H,3-4,9,12H2,1-2H3,(H,23,25). The summed E-state index contributed by atoms with van der Waals surface area (Å²) < 4.78 is 25.7. The zero-order valence-corrected chi connectivity index (χ0v) is 18.6. The van der Waals surface area contributed by atoms with E-state index in [0.717, 1.165) is 17.4 Å². The molecule has 0 aromatic heterocycles. The smallest absolute Gasteiger partial charge is 0.232 e. The van der Waals surface area contributed by atoms with Crippen molar-refractivity contribution in [1.82, 2.24) is 5.32 Å². The van der Waals surface area contributed by atoms with Gasteiger partial charge in [-0.05, 0) is 48.7 Å². The number of nitrogens with zero attached hydrogens (tertiary/aromatic N) is 1. The molecule has 0 fully saturated rings. The predicted octanol–water partition coefficient (Wildman–Crippen LogP) is 4.82. The molecule has 0 saturated heterocycles. The SMILES string of the molecule is Cc1ccc(Cl)cc1N(CCCC(=O)NCc1ccc(Cl)cc1Cl)S(C)(=O)=O. The van der Waals surface area contributed by atoms with E-state index in [1.54, 1.807) is 36.4 Å². The first-order valence-corrected chi connectivity index (χ1v) is 11.5. The van der Waals surface area contributed by atoms with Crippen molar-refractivity contribution >= 4 is 56.4 Å². The van der Waals surface area contributed by atoms with Crippen molar-refractivity contribution in [2.75, 3.05) is 17.1 Å². The first-order chi connectivity index (χ1) is 13.1. The average molecular weight is 464 g/mol. The largest absolute Gasteiger partial charge is 0.352 e. The van der Waals surface area contributed by atoms with Gasteiger partial charge in [-0.3, -0.25) is 9.10 Å². The highest BCUT2D eigenvalue weighted by Crippen LogP contribution is 2.26. The Kier molecular flexibility index (Phi) is 8.01. The Morgan fingerprint density at radius 1 is 1.07 bits per heavy atom. The summed E-state index contributed by atoms with van der Waals surface area (Å²) in [7, 11) is -3.51. The number of amides is 1. The van der Waals surface area contributed by atoms with E-state index in [2.05, 4.69) is 5.32 Å². The number of sulfonamides is 1. The van der Waals surface area contributed by atoms with E-state index in [1.165, 1.54) is 4.31 Å². The van der Waals surface area contributed by atoms with Crippen LogP contribution in [0.1, 0.15) is 24.0 Å². The second-order valence-corrected chi connectivity index (χ2v) is 9.57. The van der Waals surface area contributed by atoms with Gasteiger partial charge in [-0.25, -0.2) is 8.42 Å². The zero-order valence-electron chi connectivity index (χ0n) is 15.5. The number of hydrogen-bond acceptors (Lipinski definition) is 3. The van der Waals surface area contributed by atoms with Crippen LogP contribution in [0.15, 0.2) is 36.4 Å². The Bertz CT molecular complexity index is 965. The maximum Gasteiger partial charge on any atom is 0.232 e. The molecule has 0 atom stereocenters. The van der Waals surface area contributed by atoms with Gasteiger partial charge in [-0.15, -0.1) is 0 Å². The molecule has 5 nitrogen and oxygen atoms in total. The van der Waals surface area contributed by atoms with E-state index in [0.29, 0.717) is 27.2 Å². The van der Waals surface area contributed by atoms with Crippen LogP contribution in [0.4, 0.5) is 5.69 Å². The summed E-state index contributed by atoms with van der Waals surface area (Å²) in [5, 5.41) is 4.23. The highest BCUT2D eigenvalue weighted by molar-refractivity contribution is 7.92. The quantitative estimate of drug-likeness (QED) is 0.610. The van der Waals surface area contributed by atoms with Crippen molar-refractivity contribution in [3.05, 3.63) is 62.6 Å². The maximum atomic E-state index is 12.2. The van der Waals surface area contributed by atoms with Crippen molar-refractivity contribution in [3.8, 4) is 0 Å². The fraction of sp³-hybridized carbons (Fsp3) is 0.316. The van der Waals surface area contributed by atoms with E-state index < -0.39 is 10.0 Å². The Morgan fingerprint density at radius 3 is 2.36 bits per heavy atom. The average Bonchev–Trinajstić information content (AvgIpc) is 2.59. The lowest BCUT2D eigenvalue weighted by Gasteiger charge is -2.24. The van der Waals surface area contributed by atoms with Crippen LogP contribution in [0.3, 0.4) is 0 Å². The Balaban J connectivity index is 1.95. The van der Waals surface area contributed by atoms with Crippen LogP contribution in [0.25, 0.3) is 0 Å². The Labute approximate surface area is 180 Å². The first-order valence-electron chi connectivity index (χ1n) is 8.52. The molecule has 1 N–H and O–H groups in total. The van der Waals surface area contributed by atoms with Gasteiger partial charge in [0.05, 0.1) is 11.9 Å². The fourth-order valence-electron chi connectivity index (χ4n) is 2.65. The highest BCUT2D eigenvalue weighted by atomic mass is 35.5. The summed E-state index contributed by atoms with van der Waals surface area (Å²) in [6.45, 7) is 2.26. The van der Waals surface area contributed by atoms with Gasteiger partial charge in [0.15, 0.2) is 0 Å². The Hall–Kier alpha value is -1.47. The summed E-state index contributed by atoms with van der Waals surface area (Å²) in [6, 6.07) is 10.1. The van der Waals surface area contributed by atoms with Crippen LogP contribution >= 0.6 is 34.8 Å². The highest BCUT2D eigenvalue weighted by Gasteiger charge is 2.19. The summed E-state index contributed by atoms with van der Waals surface area (Å²) in [6.07, 6.45) is 1.67. The molecule has 0 spiro atoms. The molecular formula is C19H21Cl3N2O3S. The number of hydrogen-bond donors (Lipinski definition) is 1. The lowest BCUT2D eigenvalue weighted by molar-refractivity contribution is -0.121. The zero-order chi connectivity index (χ0) is 20.9. The normalized spacial score (nSPS) is 11.3. The predicted molar refractivity (Wildman–Crippen MR) is 116 cm³/mol. The molecule has 2 rings (SSSR count). The molecule has 0 unspecified atom stereocenters. The van der Waals surface area contributed by atoms with Crippen molar-refractivity contribution < 1.29 is 13.2 Å². The van der Waals surface area contributed by atoms with Crippen molar-refractivity contribution in [1.29, 1.82) is 0 Å². The number of aryl methyl sites for hydroxylation is 1. The van der Waals surface area contributed by atoms with Crippen molar-refractivity contribution in [3.63, 3.8) is 0 Å².